The van der Waals surface area contributed by atoms with Crippen molar-refractivity contribution in [2.45, 2.75) is 33.2 Å². The van der Waals surface area contributed by atoms with E-state index in [0.717, 1.165) is 12.2 Å². The molecule has 0 aromatic carbocycles. The second kappa shape index (κ2) is 6.01. The zero-order chi connectivity index (χ0) is 12.1. The smallest absolute Gasteiger partial charge is 0.134 e. The number of nitrogens with zero attached hydrogens (tertiary/aromatic N) is 2. The van der Waals surface area contributed by atoms with Crippen LogP contribution in [0.1, 0.15) is 26.6 Å². The van der Waals surface area contributed by atoms with Crippen molar-refractivity contribution in [2.24, 2.45) is 5.92 Å². The Bertz CT molecular complexity index is 346. The molecule has 0 aliphatic carbocycles. The maximum absolute atomic E-state index is 9.04. The number of rotatable bonds is 5. The number of aliphatic hydroxyl groups excluding tert-OH is 1. The summed E-state index contributed by atoms with van der Waals surface area (Å²) in [7, 11) is 0. The summed E-state index contributed by atoms with van der Waals surface area (Å²) < 4.78 is 0. The van der Waals surface area contributed by atoms with Gasteiger partial charge in [-0.1, -0.05) is 25.4 Å². The fourth-order valence-electron chi connectivity index (χ4n) is 1.23. The summed E-state index contributed by atoms with van der Waals surface area (Å²) >= 11 is 5.89. The van der Waals surface area contributed by atoms with E-state index in [2.05, 4.69) is 15.3 Å². The van der Waals surface area contributed by atoms with E-state index in [-0.39, 0.29) is 18.6 Å². The van der Waals surface area contributed by atoms with Gasteiger partial charge in [0.15, 0.2) is 0 Å². The first-order chi connectivity index (χ1) is 7.56. The molecule has 0 amide bonds. The highest BCUT2D eigenvalue weighted by Crippen LogP contribution is 2.15. The molecule has 0 aliphatic rings. The highest BCUT2D eigenvalue weighted by Gasteiger charge is 2.12. The van der Waals surface area contributed by atoms with Crippen LogP contribution in [0, 0.1) is 5.92 Å². The predicted octanol–water partition coefficient (Wildman–Crippen LogP) is 2.12. The summed E-state index contributed by atoms with van der Waals surface area (Å²) in [6, 6.07) is 1.84. The topological polar surface area (TPSA) is 58.0 Å². The van der Waals surface area contributed by atoms with Gasteiger partial charge in [0.1, 0.15) is 16.8 Å². The number of aliphatic hydroxyl groups is 1. The quantitative estimate of drug-likeness (QED) is 0.778. The zero-order valence-corrected chi connectivity index (χ0v) is 10.6. The largest absolute Gasteiger partial charge is 0.396 e. The number of hydrogen-bond donors (Lipinski definition) is 2. The molecule has 5 heteroatoms. The van der Waals surface area contributed by atoms with Gasteiger partial charge in [0.25, 0.3) is 0 Å². The van der Waals surface area contributed by atoms with Crippen LogP contribution >= 0.6 is 11.6 Å². The van der Waals surface area contributed by atoms with Gasteiger partial charge in [0.2, 0.25) is 0 Å². The standard InChI is InChI=1S/C11H18ClN3O/c1-4-10-14-9(12)5-11(15-10)13-8(3)7(2)6-16/h5,7-8,16H,4,6H2,1-3H3,(H,13,14,15). The van der Waals surface area contributed by atoms with Crippen LogP contribution in [0.15, 0.2) is 6.07 Å². The lowest BCUT2D eigenvalue weighted by Gasteiger charge is -2.20. The van der Waals surface area contributed by atoms with Gasteiger partial charge in [-0.25, -0.2) is 9.97 Å². The molecule has 0 saturated carbocycles. The van der Waals surface area contributed by atoms with E-state index >= 15 is 0 Å². The zero-order valence-electron chi connectivity index (χ0n) is 9.87. The minimum Gasteiger partial charge on any atom is -0.396 e. The van der Waals surface area contributed by atoms with Gasteiger partial charge in [-0.05, 0) is 12.8 Å². The Balaban J connectivity index is 2.76. The van der Waals surface area contributed by atoms with Crippen LogP contribution in [0.5, 0.6) is 0 Å². The number of anilines is 1. The van der Waals surface area contributed by atoms with Crippen molar-refractivity contribution in [1.82, 2.24) is 9.97 Å². The van der Waals surface area contributed by atoms with Crippen molar-refractivity contribution in [3.8, 4) is 0 Å². The number of hydrogen-bond acceptors (Lipinski definition) is 4. The molecule has 0 radical (unpaired) electrons. The van der Waals surface area contributed by atoms with Gasteiger partial charge >= 0.3 is 0 Å². The molecule has 90 valence electrons. The third-order valence-corrected chi connectivity index (χ3v) is 2.77. The summed E-state index contributed by atoms with van der Waals surface area (Å²) in [5.41, 5.74) is 0. The highest BCUT2D eigenvalue weighted by molar-refractivity contribution is 6.29. The molecule has 0 spiro atoms. The van der Waals surface area contributed by atoms with E-state index in [9.17, 15) is 0 Å². The summed E-state index contributed by atoms with van der Waals surface area (Å²) in [4.78, 5) is 8.41. The Morgan fingerprint density at radius 1 is 1.44 bits per heavy atom. The molecule has 4 nitrogen and oxygen atoms in total. The average Bonchev–Trinajstić information content (AvgIpc) is 2.26. The van der Waals surface area contributed by atoms with Crippen molar-refractivity contribution < 1.29 is 5.11 Å². The van der Waals surface area contributed by atoms with E-state index in [1.807, 2.05) is 20.8 Å². The Labute approximate surface area is 101 Å². The second-order valence-corrected chi connectivity index (χ2v) is 4.33. The Morgan fingerprint density at radius 2 is 2.12 bits per heavy atom. The van der Waals surface area contributed by atoms with E-state index < -0.39 is 0 Å². The van der Waals surface area contributed by atoms with Crippen LogP contribution in [-0.4, -0.2) is 27.7 Å². The van der Waals surface area contributed by atoms with Crippen molar-refractivity contribution in [3.63, 3.8) is 0 Å². The fourth-order valence-corrected chi connectivity index (χ4v) is 1.43. The summed E-state index contributed by atoms with van der Waals surface area (Å²) in [5, 5.41) is 12.7. The van der Waals surface area contributed by atoms with Gasteiger partial charge in [-0.15, -0.1) is 0 Å². The van der Waals surface area contributed by atoms with Gasteiger partial charge in [0.05, 0.1) is 0 Å². The monoisotopic (exact) mass is 243 g/mol. The lowest BCUT2D eigenvalue weighted by atomic mass is 10.1. The molecule has 2 atom stereocenters. The Hall–Kier alpha value is -0.870. The molecule has 0 bridgehead atoms. The molecule has 0 saturated heterocycles. The molecule has 1 heterocycles. The van der Waals surface area contributed by atoms with Crippen LogP contribution in [0.2, 0.25) is 5.15 Å². The SMILES string of the molecule is CCc1nc(Cl)cc(NC(C)C(C)CO)n1. The molecule has 0 fully saturated rings. The first-order valence-corrected chi connectivity index (χ1v) is 5.85. The van der Waals surface area contributed by atoms with E-state index in [4.69, 9.17) is 16.7 Å². The van der Waals surface area contributed by atoms with Crippen molar-refractivity contribution >= 4 is 17.4 Å². The van der Waals surface area contributed by atoms with Crippen molar-refractivity contribution in [2.75, 3.05) is 11.9 Å². The van der Waals surface area contributed by atoms with Crippen LogP contribution in [-0.2, 0) is 6.42 Å². The van der Waals surface area contributed by atoms with Gasteiger partial charge in [-0.3, -0.25) is 0 Å². The van der Waals surface area contributed by atoms with Crippen molar-refractivity contribution in [1.29, 1.82) is 0 Å². The van der Waals surface area contributed by atoms with Crippen LogP contribution in [0.3, 0.4) is 0 Å². The minimum absolute atomic E-state index is 0.140. The highest BCUT2D eigenvalue weighted by atomic mass is 35.5. The van der Waals surface area contributed by atoms with E-state index in [1.165, 1.54) is 0 Å². The van der Waals surface area contributed by atoms with Crippen LogP contribution < -0.4 is 5.32 Å². The minimum atomic E-state index is 0.140. The average molecular weight is 244 g/mol. The first kappa shape index (κ1) is 13.2. The van der Waals surface area contributed by atoms with E-state index in [1.54, 1.807) is 6.07 Å². The van der Waals surface area contributed by atoms with Gasteiger partial charge < -0.3 is 10.4 Å². The molecular formula is C11H18ClN3O. The number of nitrogens with one attached hydrogen (secondary N) is 1. The summed E-state index contributed by atoms with van der Waals surface area (Å²) in [5.74, 6) is 1.60. The number of halogens is 1. The normalized spacial score (nSPS) is 14.6. The predicted molar refractivity (Wildman–Crippen MR) is 65.8 cm³/mol. The van der Waals surface area contributed by atoms with Gasteiger partial charge in [0, 0.05) is 25.1 Å². The molecular weight excluding hydrogens is 226 g/mol. The molecule has 2 unspecified atom stereocenters. The fraction of sp³-hybridized carbons (Fsp3) is 0.636. The van der Waals surface area contributed by atoms with E-state index in [0.29, 0.717) is 11.0 Å². The Morgan fingerprint density at radius 3 is 2.69 bits per heavy atom. The molecule has 1 aromatic rings. The lowest BCUT2D eigenvalue weighted by Crippen LogP contribution is -2.26. The molecule has 16 heavy (non-hydrogen) atoms. The maximum atomic E-state index is 9.04. The third kappa shape index (κ3) is 3.61. The maximum Gasteiger partial charge on any atom is 0.134 e. The summed E-state index contributed by atoms with van der Waals surface area (Å²) in [6.45, 7) is 6.10. The van der Waals surface area contributed by atoms with Gasteiger partial charge in [-0.2, -0.15) is 0 Å². The van der Waals surface area contributed by atoms with Crippen LogP contribution in [0.25, 0.3) is 0 Å². The third-order valence-electron chi connectivity index (χ3n) is 2.57. The van der Waals surface area contributed by atoms with Crippen LogP contribution in [0.4, 0.5) is 5.82 Å². The Kier molecular flexibility index (Phi) is 4.96. The molecule has 2 N–H and O–H groups in total. The molecule has 1 aromatic heterocycles. The number of aromatic nitrogens is 2. The number of aryl methyl sites for hydroxylation is 1. The second-order valence-electron chi connectivity index (χ2n) is 3.94. The molecule has 0 aliphatic heterocycles. The van der Waals surface area contributed by atoms with Crippen molar-refractivity contribution in [3.05, 3.63) is 17.0 Å². The first-order valence-electron chi connectivity index (χ1n) is 5.47. The lowest BCUT2D eigenvalue weighted by molar-refractivity contribution is 0.226. The molecule has 1 rings (SSSR count). The summed E-state index contributed by atoms with van der Waals surface area (Å²) in [6.07, 6.45) is 0.749.